The number of likely N-dealkylation sites (N-methyl/N-ethyl adjacent to an activating group) is 1. The zero-order valence-electron chi connectivity index (χ0n) is 21.0. The second-order valence-electron chi connectivity index (χ2n) is 9.21. The first-order chi connectivity index (χ1) is 16.9. The van der Waals surface area contributed by atoms with Gasteiger partial charge in [0.05, 0.1) is 30.2 Å². The van der Waals surface area contributed by atoms with Gasteiger partial charge in [-0.3, -0.25) is 4.68 Å². The molecule has 0 N–H and O–H groups in total. The van der Waals surface area contributed by atoms with Crippen molar-refractivity contribution in [3.63, 3.8) is 0 Å². The highest BCUT2D eigenvalue weighted by Gasteiger charge is 2.18. The summed E-state index contributed by atoms with van der Waals surface area (Å²) in [5.74, 6) is 0.403. The molecule has 0 amide bonds. The monoisotopic (exact) mass is 490 g/mol. The van der Waals surface area contributed by atoms with Crippen LogP contribution < -0.4 is 4.90 Å². The van der Waals surface area contributed by atoms with Crippen LogP contribution in [0.5, 0.6) is 0 Å². The van der Waals surface area contributed by atoms with E-state index in [9.17, 15) is 0 Å². The van der Waals surface area contributed by atoms with Crippen molar-refractivity contribution in [1.29, 1.82) is 0 Å². The molecule has 1 atom stereocenters. The molecule has 8 heteroatoms. The molecule has 7 nitrogen and oxygen atoms in total. The summed E-state index contributed by atoms with van der Waals surface area (Å²) in [5.41, 5.74) is 8.54. The molecule has 1 aliphatic heterocycles. The van der Waals surface area contributed by atoms with Crippen molar-refractivity contribution in [2.75, 3.05) is 44.7 Å². The van der Waals surface area contributed by atoms with Crippen LogP contribution in [-0.2, 0) is 11.8 Å². The average molecular weight is 491 g/mol. The van der Waals surface area contributed by atoms with Crippen LogP contribution in [0, 0.1) is 6.92 Å². The summed E-state index contributed by atoms with van der Waals surface area (Å²) < 4.78 is 8.86. The van der Waals surface area contributed by atoms with Crippen molar-refractivity contribution in [2.45, 2.75) is 19.8 Å². The van der Waals surface area contributed by atoms with Gasteiger partial charge in [0.25, 0.3) is 0 Å². The highest BCUT2D eigenvalue weighted by molar-refractivity contribution is 7.78. The van der Waals surface area contributed by atoms with E-state index in [2.05, 4.69) is 95.7 Å². The van der Waals surface area contributed by atoms with Crippen LogP contribution >= 0.6 is 12.2 Å². The topological polar surface area (TPSA) is 50.8 Å². The Labute approximate surface area is 212 Å². The molecular formula is C27H34N6OS. The van der Waals surface area contributed by atoms with E-state index in [0.717, 1.165) is 42.8 Å². The summed E-state index contributed by atoms with van der Waals surface area (Å²) in [5, 5.41) is 8.77. The van der Waals surface area contributed by atoms with Crippen LogP contribution in [0.1, 0.15) is 24.0 Å². The molecule has 3 aromatic heterocycles. The Bertz CT molecular complexity index is 1240. The summed E-state index contributed by atoms with van der Waals surface area (Å²) in [6, 6.07) is 12.8. The summed E-state index contributed by atoms with van der Waals surface area (Å²) in [7, 11) is 4.11. The summed E-state index contributed by atoms with van der Waals surface area (Å²) >= 11 is 4.59. The Morgan fingerprint density at radius 1 is 0.943 bits per heavy atom. The minimum absolute atomic E-state index is 0.403. The van der Waals surface area contributed by atoms with Gasteiger partial charge in [-0.15, -0.1) is 0 Å². The van der Waals surface area contributed by atoms with Gasteiger partial charge in [-0.2, -0.15) is 10.2 Å². The minimum atomic E-state index is 0.403. The molecule has 4 aromatic rings. The lowest BCUT2D eigenvalue weighted by atomic mass is 10.0. The van der Waals surface area contributed by atoms with Crippen molar-refractivity contribution in [3.8, 4) is 11.1 Å². The smallest absolute Gasteiger partial charge is 0.146 e. The normalized spacial score (nSPS) is 14.9. The molecule has 184 valence electrons. The molecule has 35 heavy (non-hydrogen) atoms. The van der Waals surface area contributed by atoms with Crippen LogP contribution in [0.2, 0.25) is 0 Å². The fourth-order valence-electron chi connectivity index (χ4n) is 4.18. The van der Waals surface area contributed by atoms with Gasteiger partial charge in [-0.1, -0.05) is 42.8 Å². The highest BCUT2D eigenvalue weighted by Crippen LogP contribution is 2.26. The average Bonchev–Trinajstić information content (AvgIpc) is 3.50. The van der Waals surface area contributed by atoms with Crippen LogP contribution in [-0.4, -0.2) is 69.7 Å². The highest BCUT2D eigenvalue weighted by atomic mass is 32.1. The van der Waals surface area contributed by atoms with E-state index < -0.39 is 0 Å². The molecule has 1 saturated heterocycles. The third kappa shape index (κ3) is 6.26. The number of hydrogen-bond donors (Lipinski definition) is 0. The van der Waals surface area contributed by atoms with E-state index >= 15 is 0 Å². The molecule has 1 aliphatic rings. The van der Waals surface area contributed by atoms with Gasteiger partial charge in [-0.05, 0) is 37.8 Å². The molecule has 4 heterocycles. The molecular weight excluding hydrogens is 456 g/mol. The van der Waals surface area contributed by atoms with Crippen molar-refractivity contribution in [2.24, 2.45) is 7.05 Å². The predicted octanol–water partition coefficient (Wildman–Crippen LogP) is 4.56. The number of rotatable bonds is 6. The van der Waals surface area contributed by atoms with Gasteiger partial charge in [0.15, 0.2) is 0 Å². The number of thiocarbonyl (C=S) groups is 1. The number of nitrogens with zero attached hydrogens (tertiary/aromatic N) is 6. The molecule has 5 rings (SSSR count). The first-order valence-electron chi connectivity index (χ1n) is 12.0. The van der Waals surface area contributed by atoms with Crippen LogP contribution in [0.25, 0.3) is 16.6 Å². The Balaban J connectivity index is 0.000000191. The maximum Gasteiger partial charge on any atom is 0.146 e. The molecule has 0 bridgehead atoms. The lowest BCUT2D eigenvalue weighted by molar-refractivity contribution is 0.303. The van der Waals surface area contributed by atoms with Crippen molar-refractivity contribution >= 4 is 29.0 Å². The van der Waals surface area contributed by atoms with Crippen LogP contribution in [0.15, 0.2) is 61.2 Å². The van der Waals surface area contributed by atoms with E-state index in [-0.39, 0.29) is 0 Å². The fourth-order valence-corrected chi connectivity index (χ4v) is 4.26. The van der Waals surface area contributed by atoms with Crippen molar-refractivity contribution < 1.29 is 4.74 Å². The first kappa shape index (κ1) is 24.9. The lowest BCUT2D eigenvalue weighted by Gasteiger charge is -2.33. The van der Waals surface area contributed by atoms with Gasteiger partial charge in [-0.25, -0.2) is 4.52 Å². The van der Waals surface area contributed by atoms with Crippen LogP contribution in [0.3, 0.4) is 0 Å². The summed E-state index contributed by atoms with van der Waals surface area (Å²) in [4.78, 5) is 4.79. The number of ether oxygens (including phenoxy) is 1. The zero-order valence-corrected chi connectivity index (χ0v) is 21.8. The fraction of sp³-hybridized carbons (Fsp3) is 0.370. The van der Waals surface area contributed by atoms with E-state index in [1.54, 1.807) is 0 Å². The molecule has 0 radical (unpaired) electrons. The lowest BCUT2D eigenvalue weighted by Crippen LogP contribution is -2.44. The van der Waals surface area contributed by atoms with E-state index in [0.29, 0.717) is 12.5 Å². The number of aromatic nitrogens is 4. The molecule has 1 aromatic carbocycles. The number of pyridine rings is 1. The van der Waals surface area contributed by atoms with Crippen molar-refractivity contribution in [1.82, 2.24) is 24.3 Å². The third-order valence-corrected chi connectivity index (χ3v) is 6.57. The quantitative estimate of drug-likeness (QED) is 0.370. The van der Waals surface area contributed by atoms with E-state index in [4.69, 9.17) is 4.74 Å². The SMILES string of the molecule is CN1CCN(c2cnn3cc(-c4cnn(C)c4)ccc23)CC1.Cc1ccc(C(C)COC=S)cc1. The Hall–Kier alpha value is -3.23. The first-order valence-corrected chi connectivity index (χ1v) is 12.4. The Kier molecular flexibility index (Phi) is 8.15. The summed E-state index contributed by atoms with van der Waals surface area (Å²) in [6.45, 7) is 9.19. The maximum absolute atomic E-state index is 5.07. The van der Waals surface area contributed by atoms with Gasteiger partial charge in [0.2, 0.25) is 0 Å². The molecule has 1 unspecified atom stereocenters. The predicted molar refractivity (Wildman–Crippen MR) is 146 cm³/mol. The van der Waals surface area contributed by atoms with Gasteiger partial charge < -0.3 is 14.5 Å². The van der Waals surface area contributed by atoms with E-state index in [1.165, 1.54) is 22.4 Å². The van der Waals surface area contributed by atoms with Crippen molar-refractivity contribution in [3.05, 3.63) is 72.3 Å². The molecule has 0 spiro atoms. The minimum Gasteiger partial charge on any atom is -0.489 e. The second kappa shape index (κ2) is 11.5. The van der Waals surface area contributed by atoms with E-state index in [1.807, 2.05) is 34.8 Å². The van der Waals surface area contributed by atoms with Gasteiger partial charge in [0, 0.05) is 62.7 Å². The third-order valence-electron chi connectivity index (χ3n) is 6.44. The number of fused-ring (bicyclic) bond motifs is 1. The number of benzene rings is 1. The largest absolute Gasteiger partial charge is 0.489 e. The molecule has 1 fully saturated rings. The molecule has 0 aliphatic carbocycles. The standard InChI is InChI=1S/C16H20N6.C11H14OS/c1-19-5-7-21(8-6-19)16-10-18-22-12-13(3-4-15(16)22)14-9-17-20(2)11-14;1-9-3-5-11(6-4-9)10(2)7-12-8-13/h3-4,9-12H,5-8H2,1-2H3;3-6,8,10H,7H2,1-2H3. The number of aryl methyl sites for hydroxylation is 2. The van der Waals surface area contributed by atoms with Gasteiger partial charge in [0.1, 0.15) is 5.55 Å². The second-order valence-corrected chi connectivity index (χ2v) is 9.40. The Morgan fingerprint density at radius 2 is 1.69 bits per heavy atom. The maximum atomic E-state index is 5.07. The van der Waals surface area contributed by atoms with Gasteiger partial charge >= 0.3 is 0 Å². The zero-order chi connectivity index (χ0) is 24.8. The molecule has 0 saturated carbocycles. The van der Waals surface area contributed by atoms with Crippen LogP contribution in [0.4, 0.5) is 5.69 Å². The summed E-state index contributed by atoms with van der Waals surface area (Å²) in [6.07, 6.45) is 7.96. The number of hydrogen-bond acceptors (Lipinski definition) is 6. The number of anilines is 1. The number of piperazine rings is 1. The Morgan fingerprint density at radius 3 is 2.34 bits per heavy atom.